The number of phenolic OH excluding ortho intramolecular Hbond substituents is 1. The van der Waals surface area contributed by atoms with Crippen LogP contribution in [0.5, 0.6) is 11.5 Å². The summed E-state index contributed by atoms with van der Waals surface area (Å²) in [6, 6.07) is 3.76. The van der Waals surface area contributed by atoms with Crippen molar-refractivity contribution in [3.63, 3.8) is 0 Å². The van der Waals surface area contributed by atoms with Crippen LogP contribution < -0.4 is 10.5 Å². The molecule has 1 aliphatic rings. The van der Waals surface area contributed by atoms with E-state index < -0.39 is 0 Å². The second-order valence-electron chi connectivity index (χ2n) is 4.62. The average Bonchev–Trinajstić information content (AvgIpc) is 2.85. The fourth-order valence-electron chi connectivity index (χ4n) is 2.53. The van der Waals surface area contributed by atoms with Crippen molar-refractivity contribution >= 4 is 15.9 Å². The molecule has 1 aliphatic carbocycles. The van der Waals surface area contributed by atoms with Gasteiger partial charge in [-0.1, -0.05) is 12.8 Å². The monoisotopic (exact) mass is 299 g/mol. The first-order valence-corrected chi connectivity index (χ1v) is 6.74. The highest BCUT2D eigenvalue weighted by Gasteiger charge is 2.24. The lowest BCUT2D eigenvalue weighted by atomic mass is 9.92. The van der Waals surface area contributed by atoms with E-state index in [-0.39, 0.29) is 11.8 Å². The first-order valence-electron chi connectivity index (χ1n) is 5.95. The van der Waals surface area contributed by atoms with Gasteiger partial charge < -0.3 is 15.6 Å². The van der Waals surface area contributed by atoms with E-state index in [0.29, 0.717) is 16.1 Å². The molecule has 0 unspecified atom stereocenters. The summed E-state index contributed by atoms with van der Waals surface area (Å²) in [5.41, 5.74) is 7.31. The van der Waals surface area contributed by atoms with Crippen LogP contribution in [0.1, 0.15) is 37.3 Å². The van der Waals surface area contributed by atoms with Gasteiger partial charge in [-0.25, -0.2) is 0 Å². The topological polar surface area (TPSA) is 55.5 Å². The maximum Gasteiger partial charge on any atom is 0.172 e. The van der Waals surface area contributed by atoms with E-state index in [9.17, 15) is 5.11 Å². The third kappa shape index (κ3) is 2.58. The van der Waals surface area contributed by atoms with Gasteiger partial charge in [0.15, 0.2) is 11.5 Å². The fraction of sp³-hybridized carbons (Fsp3) is 0.538. The van der Waals surface area contributed by atoms with Crippen LogP contribution in [-0.4, -0.2) is 12.2 Å². The zero-order chi connectivity index (χ0) is 12.4. The van der Waals surface area contributed by atoms with Crippen molar-refractivity contribution in [1.29, 1.82) is 0 Å². The quantitative estimate of drug-likeness (QED) is 0.900. The Kier molecular flexibility index (Phi) is 3.94. The van der Waals surface area contributed by atoms with E-state index in [0.717, 1.165) is 5.56 Å². The van der Waals surface area contributed by atoms with E-state index in [1.807, 2.05) is 12.1 Å². The Labute approximate surface area is 110 Å². The Balaban J connectivity index is 2.28. The van der Waals surface area contributed by atoms with Crippen LogP contribution >= 0.6 is 15.9 Å². The van der Waals surface area contributed by atoms with Crippen LogP contribution in [-0.2, 0) is 0 Å². The van der Waals surface area contributed by atoms with Crippen molar-refractivity contribution in [2.24, 2.45) is 11.7 Å². The van der Waals surface area contributed by atoms with Gasteiger partial charge in [-0.2, -0.15) is 0 Å². The van der Waals surface area contributed by atoms with E-state index >= 15 is 0 Å². The second-order valence-corrected chi connectivity index (χ2v) is 5.48. The SMILES string of the molecule is COc1cc([C@@H](N)C2CCCC2)cc(Br)c1O. The molecule has 0 bridgehead atoms. The molecule has 0 heterocycles. The molecule has 1 aromatic rings. The number of rotatable bonds is 3. The molecule has 3 nitrogen and oxygen atoms in total. The Morgan fingerprint density at radius 3 is 2.65 bits per heavy atom. The van der Waals surface area contributed by atoms with Crippen LogP contribution in [0.3, 0.4) is 0 Å². The van der Waals surface area contributed by atoms with Gasteiger partial charge in [-0.15, -0.1) is 0 Å². The zero-order valence-corrected chi connectivity index (χ0v) is 11.5. The summed E-state index contributed by atoms with van der Waals surface area (Å²) in [6.45, 7) is 0. The summed E-state index contributed by atoms with van der Waals surface area (Å²) in [7, 11) is 1.55. The largest absolute Gasteiger partial charge is 0.503 e. The Bertz CT molecular complexity index is 403. The van der Waals surface area contributed by atoms with Crippen molar-refractivity contribution in [3.05, 3.63) is 22.2 Å². The maximum atomic E-state index is 9.76. The molecule has 1 fully saturated rings. The van der Waals surface area contributed by atoms with E-state index in [1.165, 1.54) is 25.7 Å². The third-order valence-electron chi connectivity index (χ3n) is 3.56. The lowest BCUT2D eigenvalue weighted by Gasteiger charge is -2.20. The molecule has 0 spiro atoms. The van der Waals surface area contributed by atoms with E-state index in [2.05, 4.69) is 15.9 Å². The summed E-state index contributed by atoms with van der Waals surface area (Å²) in [6.07, 6.45) is 4.94. The fourth-order valence-corrected chi connectivity index (χ4v) is 2.99. The number of hydrogen-bond donors (Lipinski definition) is 2. The number of ether oxygens (including phenoxy) is 1. The minimum absolute atomic E-state index is 0.0308. The lowest BCUT2D eigenvalue weighted by Crippen LogP contribution is -2.19. The van der Waals surface area contributed by atoms with Gasteiger partial charge in [0.2, 0.25) is 0 Å². The molecule has 3 N–H and O–H groups in total. The van der Waals surface area contributed by atoms with Crippen LogP contribution in [0.15, 0.2) is 16.6 Å². The average molecular weight is 300 g/mol. The highest BCUT2D eigenvalue weighted by atomic mass is 79.9. The highest BCUT2D eigenvalue weighted by Crippen LogP contribution is 2.40. The molecule has 1 atom stereocenters. The van der Waals surface area contributed by atoms with E-state index in [4.69, 9.17) is 10.5 Å². The second kappa shape index (κ2) is 5.27. The van der Waals surface area contributed by atoms with Crippen molar-refractivity contribution < 1.29 is 9.84 Å². The molecule has 1 saturated carbocycles. The van der Waals surface area contributed by atoms with Gasteiger partial charge in [0, 0.05) is 6.04 Å². The van der Waals surface area contributed by atoms with Crippen molar-refractivity contribution in [2.75, 3.05) is 7.11 Å². The minimum atomic E-state index is 0.0308. The normalized spacial score (nSPS) is 18.3. The van der Waals surface area contributed by atoms with Gasteiger partial charge >= 0.3 is 0 Å². The maximum absolute atomic E-state index is 9.76. The Hall–Kier alpha value is -0.740. The summed E-state index contributed by atoms with van der Waals surface area (Å²) >= 11 is 3.33. The standard InChI is InChI=1S/C13H18BrNO2/c1-17-11-7-9(6-10(14)13(11)16)12(15)8-4-2-3-5-8/h6-8,12,16H,2-5,15H2,1H3/t12-/m0/s1. The molecule has 0 amide bonds. The van der Waals surface area contributed by atoms with Gasteiger partial charge in [-0.05, 0) is 52.4 Å². The number of aromatic hydroxyl groups is 1. The summed E-state index contributed by atoms with van der Waals surface area (Å²) in [5.74, 6) is 1.16. The lowest BCUT2D eigenvalue weighted by molar-refractivity contribution is 0.369. The first-order chi connectivity index (χ1) is 8.13. The molecule has 0 aliphatic heterocycles. The molecule has 0 saturated heterocycles. The van der Waals surface area contributed by atoms with Gasteiger partial charge in [0.25, 0.3) is 0 Å². The van der Waals surface area contributed by atoms with Crippen molar-refractivity contribution in [2.45, 2.75) is 31.7 Å². The van der Waals surface area contributed by atoms with Crippen molar-refractivity contribution in [3.8, 4) is 11.5 Å². The minimum Gasteiger partial charge on any atom is -0.503 e. The summed E-state index contributed by atoms with van der Waals surface area (Å²) in [5, 5.41) is 9.76. The number of halogens is 1. The number of phenols is 1. The number of hydrogen-bond acceptors (Lipinski definition) is 3. The number of nitrogens with two attached hydrogens (primary N) is 1. The number of methoxy groups -OCH3 is 1. The third-order valence-corrected chi connectivity index (χ3v) is 4.17. The molecule has 17 heavy (non-hydrogen) atoms. The molecule has 94 valence electrons. The first kappa shape index (κ1) is 12.7. The smallest absolute Gasteiger partial charge is 0.172 e. The van der Waals surface area contributed by atoms with Crippen molar-refractivity contribution in [1.82, 2.24) is 0 Å². The predicted molar refractivity (Wildman–Crippen MR) is 71.2 cm³/mol. The molecule has 2 rings (SSSR count). The molecular weight excluding hydrogens is 282 g/mol. The molecule has 4 heteroatoms. The molecule has 0 radical (unpaired) electrons. The zero-order valence-electron chi connectivity index (χ0n) is 9.95. The van der Waals surface area contributed by atoms with Crippen LogP contribution in [0.25, 0.3) is 0 Å². The Morgan fingerprint density at radius 2 is 2.06 bits per heavy atom. The predicted octanol–water partition coefficient (Wildman–Crippen LogP) is 3.35. The summed E-state index contributed by atoms with van der Waals surface area (Å²) in [4.78, 5) is 0. The molecule has 1 aromatic carbocycles. The van der Waals surface area contributed by atoms with Gasteiger partial charge in [0.1, 0.15) is 0 Å². The van der Waals surface area contributed by atoms with Crippen LogP contribution in [0.4, 0.5) is 0 Å². The summed E-state index contributed by atoms with van der Waals surface area (Å²) < 4.78 is 5.78. The van der Waals surface area contributed by atoms with Crippen LogP contribution in [0, 0.1) is 5.92 Å². The van der Waals surface area contributed by atoms with Gasteiger partial charge in [-0.3, -0.25) is 0 Å². The van der Waals surface area contributed by atoms with E-state index in [1.54, 1.807) is 7.11 Å². The van der Waals surface area contributed by atoms with Crippen LogP contribution in [0.2, 0.25) is 0 Å². The Morgan fingerprint density at radius 1 is 1.41 bits per heavy atom. The highest BCUT2D eigenvalue weighted by molar-refractivity contribution is 9.10. The molecule has 0 aromatic heterocycles. The van der Waals surface area contributed by atoms with Gasteiger partial charge in [0.05, 0.1) is 11.6 Å². The number of benzene rings is 1. The molecular formula is C13H18BrNO2.